The number of aliphatic hydroxyl groups is 2. The zero-order valence-corrected chi connectivity index (χ0v) is 22.2. The fourth-order valence-electron chi connectivity index (χ4n) is 11.1. The number of ketones is 2. The summed E-state index contributed by atoms with van der Waals surface area (Å²) in [7, 11) is 0. The van der Waals surface area contributed by atoms with E-state index in [1.54, 1.807) is 13.8 Å². The summed E-state index contributed by atoms with van der Waals surface area (Å²) in [6.07, 6.45) is 9.32. The van der Waals surface area contributed by atoms with Crippen LogP contribution in [-0.4, -0.2) is 38.8 Å². The van der Waals surface area contributed by atoms with Crippen molar-refractivity contribution in [3.8, 4) is 0 Å². The molecule has 6 fully saturated rings. The minimum atomic E-state index is -2.02. The summed E-state index contributed by atoms with van der Waals surface area (Å²) in [5.74, 6) is -3.76. The molecule has 8 atom stereocenters. The SMILES string of the molecule is C=CC1=CC2C(C(C)(C)O)C3(C(C)C)C(=O)[C@]4(CC[C@H]5C(C)(C)CCCC56CC24[C@@](O)(O6)C3=O)C1. The average Bonchev–Trinajstić information content (AvgIpc) is 2.91. The molecule has 0 radical (unpaired) electrons. The standard InChI is InChI=1S/C30H42O5/c1-8-18-14-19-21(25(6,7)33)29(17(2)3)22(31)26(15-18)13-10-20-24(4,5)11-9-12-27(20)16-28(19,26)30(34,35-27)23(29)32/h8,14,17,19-21,33-34H,1,9-13,15-16H2,2-7H3/t19?,20-,21?,26-,27?,28?,29?,30-/m0/s1. The number of ether oxygens (including phenoxy) is 1. The highest BCUT2D eigenvalue weighted by Gasteiger charge is 2.93. The second-order valence-electron chi connectivity index (χ2n) is 14.4. The van der Waals surface area contributed by atoms with Gasteiger partial charge in [-0.1, -0.05) is 58.4 Å². The molecule has 5 saturated carbocycles. The molecule has 2 spiro atoms. The van der Waals surface area contributed by atoms with E-state index in [1.807, 2.05) is 19.9 Å². The lowest BCUT2D eigenvalue weighted by atomic mass is 9.27. The van der Waals surface area contributed by atoms with Gasteiger partial charge in [-0.3, -0.25) is 9.59 Å². The van der Waals surface area contributed by atoms with E-state index < -0.39 is 44.9 Å². The van der Waals surface area contributed by atoms with Crippen molar-refractivity contribution in [2.24, 2.45) is 45.3 Å². The molecule has 0 aromatic heterocycles. The Bertz CT molecular complexity index is 1080. The van der Waals surface area contributed by atoms with Gasteiger partial charge >= 0.3 is 0 Å². The Hall–Kier alpha value is -1.30. The molecule has 192 valence electrons. The van der Waals surface area contributed by atoms with E-state index in [1.165, 1.54) is 0 Å². The molecule has 2 N–H and O–H groups in total. The first-order chi connectivity index (χ1) is 16.1. The van der Waals surface area contributed by atoms with Crippen molar-refractivity contribution < 1.29 is 24.5 Å². The van der Waals surface area contributed by atoms with Crippen LogP contribution >= 0.6 is 0 Å². The summed E-state index contributed by atoms with van der Waals surface area (Å²) in [5.41, 5.74) is -4.41. The first-order valence-corrected chi connectivity index (χ1v) is 13.7. The van der Waals surface area contributed by atoms with Gasteiger partial charge in [-0.2, -0.15) is 0 Å². The van der Waals surface area contributed by atoms with E-state index in [0.717, 1.165) is 31.3 Å². The Morgan fingerprint density at radius 1 is 1.17 bits per heavy atom. The second kappa shape index (κ2) is 6.39. The predicted molar refractivity (Wildman–Crippen MR) is 132 cm³/mol. The molecular formula is C30H42O5. The molecule has 7 aliphatic rings. The largest absolute Gasteiger partial charge is 0.390 e. The molecule has 5 nitrogen and oxygen atoms in total. The lowest BCUT2D eigenvalue weighted by Crippen LogP contribution is -2.85. The van der Waals surface area contributed by atoms with Gasteiger partial charge in [-0.25, -0.2) is 0 Å². The van der Waals surface area contributed by atoms with Gasteiger partial charge in [0, 0.05) is 11.3 Å². The zero-order valence-electron chi connectivity index (χ0n) is 22.2. The smallest absolute Gasteiger partial charge is 0.235 e. The molecule has 6 aliphatic carbocycles. The molecule has 0 aromatic rings. The van der Waals surface area contributed by atoms with Crippen LogP contribution in [0.2, 0.25) is 0 Å². The third-order valence-corrected chi connectivity index (χ3v) is 12.0. The Morgan fingerprint density at radius 3 is 2.46 bits per heavy atom. The van der Waals surface area contributed by atoms with Gasteiger partial charge in [0.15, 0.2) is 5.78 Å². The first-order valence-electron chi connectivity index (χ1n) is 13.7. The Morgan fingerprint density at radius 2 is 1.86 bits per heavy atom. The molecule has 35 heavy (non-hydrogen) atoms. The normalized spacial score (nSPS) is 51.7. The van der Waals surface area contributed by atoms with Crippen LogP contribution in [0.3, 0.4) is 0 Å². The molecule has 0 aromatic carbocycles. The number of rotatable bonds is 3. The molecule has 5 bridgehead atoms. The minimum Gasteiger partial charge on any atom is -0.390 e. The number of carbonyl (C=O) groups excluding carboxylic acids is 2. The van der Waals surface area contributed by atoms with Crippen LogP contribution < -0.4 is 0 Å². The molecule has 5 heteroatoms. The highest BCUT2D eigenvalue weighted by Crippen LogP contribution is 2.84. The Kier molecular flexibility index (Phi) is 4.39. The van der Waals surface area contributed by atoms with E-state index in [0.29, 0.717) is 19.3 Å². The Labute approximate surface area is 209 Å². The lowest BCUT2D eigenvalue weighted by molar-refractivity contribution is -0.338. The fourth-order valence-corrected chi connectivity index (χ4v) is 11.1. The van der Waals surface area contributed by atoms with E-state index in [9.17, 15) is 15.0 Å². The van der Waals surface area contributed by atoms with Crippen molar-refractivity contribution in [2.75, 3.05) is 0 Å². The van der Waals surface area contributed by atoms with Gasteiger partial charge in [0.2, 0.25) is 11.6 Å². The third kappa shape index (κ3) is 2.22. The minimum absolute atomic E-state index is 0.00625. The van der Waals surface area contributed by atoms with Gasteiger partial charge in [0.1, 0.15) is 5.41 Å². The summed E-state index contributed by atoms with van der Waals surface area (Å²) < 4.78 is 6.89. The molecule has 1 heterocycles. The highest BCUT2D eigenvalue weighted by atomic mass is 16.7. The van der Waals surface area contributed by atoms with Crippen molar-refractivity contribution >= 4 is 11.6 Å². The van der Waals surface area contributed by atoms with E-state index in [-0.39, 0.29) is 29.0 Å². The van der Waals surface area contributed by atoms with Crippen LogP contribution in [0.1, 0.15) is 86.5 Å². The topological polar surface area (TPSA) is 83.8 Å². The van der Waals surface area contributed by atoms with Gasteiger partial charge in [-0.15, -0.1) is 0 Å². The van der Waals surface area contributed by atoms with Crippen LogP contribution in [0.4, 0.5) is 0 Å². The van der Waals surface area contributed by atoms with E-state index in [2.05, 4.69) is 26.5 Å². The van der Waals surface area contributed by atoms with Crippen molar-refractivity contribution in [3.05, 3.63) is 24.3 Å². The van der Waals surface area contributed by atoms with Crippen molar-refractivity contribution in [1.29, 1.82) is 0 Å². The van der Waals surface area contributed by atoms with Gasteiger partial charge in [-0.05, 0) is 75.5 Å². The lowest BCUT2D eigenvalue weighted by Gasteiger charge is -2.74. The van der Waals surface area contributed by atoms with Crippen LogP contribution in [0.25, 0.3) is 0 Å². The van der Waals surface area contributed by atoms with Crippen LogP contribution in [0.15, 0.2) is 24.3 Å². The number of hydrogen-bond donors (Lipinski definition) is 2. The molecule has 0 amide bonds. The quantitative estimate of drug-likeness (QED) is 0.567. The van der Waals surface area contributed by atoms with Crippen LogP contribution in [0.5, 0.6) is 0 Å². The molecule has 1 aliphatic heterocycles. The molecule has 5 unspecified atom stereocenters. The summed E-state index contributed by atoms with van der Waals surface area (Å²) in [6, 6.07) is 0. The molecule has 7 rings (SSSR count). The maximum atomic E-state index is 15.1. The van der Waals surface area contributed by atoms with Crippen molar-refractivity contribution in [1.82, 2.24) is 0 Å². The van der Waals surface area contributed by atoms with Crippen molar-refractivity contribution in [3.63, 3.8) is 0 Å². The van der Waals surface area contributed by atoms with Gasteiger partial charge in [0.05, 0.1) is 16.6 Å². The summed E-state index contributed by atoms with van der Waals surface area (Å²) in [6.45, 7) is 15.9. The maximum Gasteiger partial charge on any atom is 0.235 e. The highest BCUT2D eigenvalue weighted by molar-refractivity contribution is 6.18. The number of Topliss-reactive ketones (excluding diaryl/α,β-unsaturated/α-hetero) is 2. The monoisotopic (exact) mass is 482 g/mol. The van der Waals surface area contributed by atoms with Gasteiger partial charge < -0.3 is 14.9 Å². The number of hydrogen-bond acceptors (Lipinski definition) is 5. The molecule has 1 saturated heterocycles. The van der Waals surface area contributed by atoms with E-state index in [4.69, 9.17) is 4.74 Å². The number of carbonyl (C=O) groups is 2. The van der Waals surface area contributed by atoms with Gasteiger partial charge in [0.25, 0.3) is 0 Å². The first kappa shape index (κ1) is 24.1. The van der Waals surface area contributed by atoms with E-state index >= 15 is 4.79 Å². The fraction of sp³-hybridized carbons (Fsp3) is 0.800. The Balaban J connectivity index is 1.74. The molecular weight excluding hydrogens is 440 g/mol. The zero-order chi connectivity index (χ0) is 25.6. The maximum absolute atomic E-state index is 15.1. The second-order valence-corrected chi connectivity index (χ2v) is 14.4. The average molecular weight is 483 g/mol. The summed E-state index contributed by atoms with van der Waals surface area (Å²) >= 11 is 0. The summed E-state index contributed by atoms with van der Waals surface area (Å²) in [5, 5.41) is 24.3. The third-order valence-electron chi connectivity index (χ3n) is 12.0. The predicted octanol–water partition coefficient (Wildman–Crippen LogP) is 4.75. The van der Waals surface area contributed by atoms with Crippen LogP contribution in [0, 0.1) is 45.3 Å². The van der Waals surface area contributed by atoms with Crippen molar-refractivity contribution in [2.45, 2.75) is 103 Å². The number of allylic oxidation sites excluding steroid dienone is 3. The summed E-state index contributed by atoms with van der Waals surface area (Å²) in [4.78, 5) is 29.8. The van der Waals surface area contributed by atoms with Crippen LogP contribution in [-0.2, 0) is 14.3 Å².